The van der Waals surface area contributed by atoms with E-state index in [1.807, 2.05) is 0 Å². The Morgan fingerprint density at radius 1 is 1.32 bits per heavy atom. The fraction of sp³-hybridized carbons (Fsp3) is 0.538. The van der Waals surface area contributed by atoms with Gasteiger partial charge in [0.05, 0.1) is 5.02 Å². The van der Waals surface area contributed by atoms with Crippen LogP contribution in [0.25, 0.3) is 0 Å². The molecule has 0 radical (unpaired) electrons. The molecule has 1 saturated heterocycles. The summed E-state index contributed by atoms with van der Waals surface area (Å²) in [6.07, 6.45) is 0. The Bertz CT molecular complexity index is 564. The molecule has 1 aliphatic heterocycles. The van der Waals surface area contributed by atoms with Gasteiger partial charge in [0.1, 0.15) is 4.90 Å². The average molecular weight is 303 g/mol. The molecule has 0 saturated carbocycles. The zero-order valence-corrected chi connectivity index (χ0v) is 12.7. The molecule has 0 aromatic heterocycles. The fourth-order valence-electron chi connectivity index (χ4n) is 2.29. The molecule has 2 atom stereocenters. The van der Waals surface area contributed by atoms with Crippen molar-refractivity contribution in [3.8, 4) is 0 Å². The summed E-state index contributed by atoms with van der Waals surface area (Å²) in [5.41, 5.74) is 6.34. The van der Waals surface area contributed by atoms with E-state index in [1.54, 1.807) is 18.2 Å². The van der Waals surface area contributed by atoms with Gasteiger partial charge in [0.25, 0.3) is 0 Å². The van der Waals surface area contributed by atoms with Gasteiger partial charge in [-0.15, -0.1) is 0 Å². The summed E-state index contributed by atoms with van der Waals surface area (Å²) in [5, 5.41) is 0.246. The molecule has 2 N–H and O–H groups in total. The number of benzene rings is 1. The van der Waals surface area contributed by atoms with Crippen molar-refractivity contribution in [2.45, 2.75) is 25.3 Å². The Morgan fingerprint density at radius 3 is 2.37 bits per heavy atom. The number of rotatable bonds is 3. The van der Waals surface area contributed by atoms with Crippen molar-refractivity contribution < 1.29 is 8.42 Å². The van der Waals surface area contributed by atoms with Crippen molar-refractivity contribution in [1.82, 2.24) is 4.31 Å². The Labute approximate surface area is 119 Å². The first kappa shape index (κ1) is 14.8. The molecule has 0 aliphatic carbocycles. The molecule has 0 bridgehead atoms. The molecule has 1 aromatic rings. The van der Waals surface area contributed by atoms with E-state index in [-0.39, 0.29) is 9.92 Å². The van der Waals surface area contributed by atoms with E-state index in [0.29, 0.717) is 31.5 Å². The van der Waals surface area contributed by atoms with Crippen LogP contribution in [0.3, 0.4) is 0 Å². The summed E-state index contributed by atoms with van der Waals surface area (Å²) >= 11 is 6.08. The quantitative estimate of drug-likeness (QED) is 0.930. The minimum Gasteiger partial charge on any atom is -0.326 e. The molecule has 0 amide bonds. The molecule has 6 heteroatoms. The predicted octanol–water partition coefficient (Wildman–Crippen LogP) is 2.08. The van der Waals surface area contributed by atoms with Crippen LogP contribution in [-0.4, -0.2) is 25.8 Å². The molecule has 19 heavy (non-hydrogen) atoms. The normalized spacial score (nSPS) is 24.8. The number of nitrogens with zero attached hydrogens (tertiary/aromatic N) is 1. The van der Waals surface area contributed by atoms with Crippen molar-refractivity contribution >= 4 is 21.6 Å². The maximum Gasteiger partial charge on any atom is 0.244 e. The molecular weight excluding hydrogens is 284 g/mol. The third-order valence-electron chi connectivity index (χ3n) is 3.80. The van der Waals surface area contributed by atoms with E-state index in [9.17, 15) is 8.42 Å². The van der Waals surface area contributed by atoms with Crippen LogP contribution < -0.4 is 5.73 Å². The van der Waals surface area contributed by atoms with Crippen molar-refractivity contribution in [1.29, 1.82) is 0 Å². The van der Waals surface area contributed by atoms with E-state index in [1.165, 1.54) is 4.31 Å². The second-order valence-corrected chi connectivity index (χ2v) is 7.56. The monoisotopic (exact) mass is 302 g/mol. The van der Waals surface area contributed by atoms with Crippen LogP contribution in [0.15, 0.2) is 23.1 Å². The third-order valence-corrected chi connectivity index (χ3v) is 6.12. The standard InChI is InChI=1S/C13H19ClN2O2S/c1-9-7-16(8-10(9)2)19(17,18)13-4-3-11(6-15)5-12(13)14/h3-5,9-10H,6-8,15H2,1-2H3. The van der Waals surface area contributed by atoms with Crippen LogP contribution in [0, 0.1) is 11.8 Å². The number of hydrogen-bond donors (Lipinski definition) is 1. The van der Waals surface area contributed by atoms with Gasteiger partial charge < -0.3 is 5.73 Å². The number of sulfonamides is 1. The molecule has 2 unspecified atom stereocenters. The Morgan fingerprint density at radius 2 is 1.89 bits per heavy atom. The summed E-state index contributed by atoms with van der Waals surface area (Å²) in [6, 6.07) is 4.88. The van der Waals surface area contributed by atoms with E-state index < -0.39 is 10.0 Å². The molecule has 2 rings (SSSR count). The van der Waals surface area contributed by atoms with Crippen LogP contribution in [0.4, 0.5) is 0 Å². The first-order valence-corrected chi connectivity index (χ1v) is 8.16. The zero-order chi connectivity index (χ0) is 14.2. The van der Waals surface area contributed by atoms with Crippen LogP contribution in [0.2, 0.25) is 5.02 Å². The molecule has 0 spiro atoms. The summed E-state index contributed by atoms with van der Waals surface area (Å²) in [6.45, 7) is 5.59. The van der Waals surface area contributed by atoms with E-state index in [2.05, 4.69) is 13.8 Å². The van der Waals surface area contributed by atoms with Gasteiger partial charge in [0.2, 0.25) is 10.0 Å². The lowest BCUT2D eigenvalue weighted by atomic mass is 10.0. The van der Waals surface area contributed by atoms with Gasteiger partial charge in [-0.3, -0.25) is 0 Å². The van der Waals surface area contributed by atoms with E-state index >= 15 is 0 Å². The topological polar surface area (TPSA) is 63.4 Å². The highest BCUT2D eigenvalue weighted by atomic mass is 35.5. The molecule has 4 nitrogen and oxygen atoms in total. The van der Waals surface area contributed by atoms with E-state index in [4.69, 9.17) is 17.3 Å². The maximum absolute atomic E-state index is 12.6. The summed E-state index contributed by atoms with van der Waals surface area (Å²) in [5.74, 6) is 0.744. The van der Waals surface area contributed by atoms with Gasteiger partial charge >= 0.3 is 0 Å². The van der Waals surface area contributed by atoms with E-state index in [0.717, 1.165) is 5.56 Å². The first-order chi connectivity index (χ1) is 8.86. The smallest absolute Gasteiger partial charge is 0.244 e. The molecule has 1 aliphatic rings. The highest BCUT2D eigenvalue weighted by Gasteiger charge is 2.35. The summed E-state index contributed by atoms with van der Waals surface area (Å²) < 4.78 is 26.6. The first-order valence-electron chi connectivity index (χ1n) is 6.35. The highest BCUT2D eigenvalue weighted by Crippen LogP contribution is 2.31. The molecule has 1 aromatic carbocycles. The summed E-state index contributed by atoms with van der Waals surface area (Å²) in [4.78, 5) is 0.174. The minimum absolute atomic E-state index is 0.174. The second-order valence-electron chi connectivity index (χ2n) is 5.25. The number of nitrogens with two attached hydrogens (primary N) is 1. The lowest BCUT2D eigenvalue weighted by Gasteiger charge is -2.17. The predicted molar refractivity (Wildman–Crippen MR) is 76.4 cm³/mol. The van der Waals surface area contributed by atoms with Crippen LogP contribution >= 0.6 is 11.6 Å². The average Bonchev–Trinajstić information content (AvgIpc) is 2.70. The van der Waals surface area contributed by atoms with Crippen molar-refractivity contribution in [2.24, 2.45) is 17.6 Å². The van der Waals surface area contributed by atoms with Crippen LogP contribution in [0.5, 0.6) is 0 Å². The largest absolute Gasteiger partial charge is 0.326 e. The van der Waals surface area contributed by atoms with Gasteiger partial charge in [-0.2, -0.15) is 4.31 Å². The van der Waals surface area contributed by atoms with Crippen LogP contribution in [0.1, 0.15) is 19.4 Å². The Kier molecular flexibility index (Phi) is 4.20. The zero-order valence-electron chi connectivity index (χ0n) is 11.1. The van der Waals surface area contributed by atoms with Gasteiger partial charge in [-0.1, -0.05) is 31.5 Å². The maximum atomic E-state index is 12.6. The number of halogens is 1. The van der Waals surface area contributed by atoms with Crippen molar-refractivity contribution in [3.63, 3.8) is 0 Å². The minimum atomic E-state index is -3.50. The van der Waals surface area contributed by atoms with Crippen molar-refractivity contribution in [2.75, 3.05) is 13.1 Å². The molecule has 1 fully saturated rings. The number of hydrogen-bond acceptors (Lipinski definition) is 3. The molecule has 106 valence electrons. The fourth-order valence-corrected chi connectivity index (χ4v) is 4.47. The van der Waals surface area contributed by atoms with Gasteiger partial charge in [-0.05, 0) is 29.5 Å². The van der Waals surface area contributed by atoms with Gasteiger partial charge in [0.15, 0.2) is 0 Å². The Hall–Kier alpha value is -0.620. The third kappa shape index (κ3) is 2.79. The lowest BCUT2D eigenvalue weighted by Crippen LogP contribution is -2.29. The summed E-state index contributed by atoms with van der Waals surface area (Å²) in [7, 11) is -3.50. The second kappa shape index (κ2) is 5.40. The lowest BCUT2D eigenvalue weighted by molar-refractivity contribution is 0.463. The van der Waals surface area contributed by atoms with Crippen LogP contribution in [-0.2, 0) is 16.6 Å². The SMILES string of the molecule is CC1CN(S(=O)(=O)c2ccc(CN)cc2Cl)CC1C. The van der Waals surface area contributed by atoms with Gasteiger partial charge in [0, 0.05) is 19.6 Å². The molecule has 1 heterocycles. The van der Waals surface area contributed by atoms with Crippen molar-refractivity contribution in [3.05, 3.63) is 28.8 Å². The molecular formula is C13H19ClN2O2S. The highest BCUT2D eigenvalue weighted by molar-refractivity contribution is 7.89. The Balaban J connectivity index is 2.35. The van der Waals surface area contributed by atoms with Gasteiger partial charge in [-0.25, -0.2) is 8.42 Å².